The largest absolute Gasteiger partial charge is 0.484 e. The Morgan fingerprint density at radius 2 is 1.72 bits per heavy atom. The Balaban J connectivity index is 1.02. The summed E-state index contributed by atoms with van der Waals surface area (Å²) in [7, 11) is -11.3. The van der Waals surface area contributed by atoms with Crippen LogP contribution in [-0.4, -0.2) is 132 Å². The first-order valence-corrected chi connectivity index (χ1v) is 20.2. The lowest BCUT2D eigenvalue weighted by molar-refractivity contribution is -0.259. The van der Waals surface area contributed by atoms with Crippen LogP contribution in [-0.2, 0) is 41.6 Å². The maximum absolute atomic E-state index is 12.6. The molecule has 0 saturated carbocycles. The number of phosphoric acid groups is 2. The number of rotatable bonds is 18. The van der Waals surface area contributed by atoms with Crippen molar-refractivity contribution in [3.05, 3.63) is 73.4 Å². The maximum atomic E-state index is 12.6. The van der Waals surface area contributed by atoms with E-state index in [1.165, 1.54) is 12.1 Å². The molecule has 3 unspecified atom stereocenters. The molecule has 1 aromatic carbocycles. The number of hydrogen-bond acceptors (Lipinski definition) is 20. The van der Waals surface area contributed by atoms with E-state index < -0.39 is 100 Å². The number of aryl methyl sites for hydroxylation is 1. The normalized spacial score (nSPS) is 28.2. The van der Waals surface area contributed by atoms with Crippen molar-refractivity contribution >= 4 is 38.7 Å². The second-order valence-corrected chi connectivity index (χ2v) is 15.8. The van der Waals surface area contributed by atoms with Gasteiger partial charge in [-0.25, -0.2) is 18.7 Å². The third-order valence-corrected chi connectivity index (χ3v) is 11.1. The van der Waals surface area contributed by atoms with E-state index in [0.717, 1.165) is 29.4 Å². The number of unbranched alkanes of at least 4 members (excludes halogenated alkanes) is 1. The lowest BCUT2D eigenvalue weighted by Gasteiger charge is -2.38. The van der Waals surface area contributed by atoms with Crippen molar-refractivity contribution in [3.8, 4) is 5.75 Å². The molecule has 0 bridgehead atoms. The highest BCUT2D eigenvalue weighted by Crippen LogP contribution is 2.61. The molecule has 2 saturated heterocycles. The number of fused-ring (bicyclic) bond motifs is 1. The van der Waals surface area contributed by atoms with Crippen molar-refractivity contribution in [1.82, 2.24) is 14.9 Å². The van der Waals surface area contributed by atoms with Crippen LogP contribution in [0, 0.1) is 6.92 Å². The van der Waals surface area contributed by atoms with Gasteiger partial charge >= 0.3 is 27.0 Å². The molecule has 2 aromatic heterocycles. The van der Waals surface area contributed by atoms with Gasteiger partial charge in [-0.2, -0.15) is 4.31 Å². The Morgan fingerprint density at radius 1 is 0.966 bits per heavy atom. The van der Waals surface area contributed by atoms with Gasteiger partial charge in [0.15, 0.2) is 19.1 Å². The predicted molar refractivity (Wildman–Crippen MR) is 191 cm³/mol. The van der Waals surface area contributed by atoms with Crippen molar-refractivity contribution in [1.29, 1.82) is 0 Å². The number of phosphoric ester groups is 2. The van der Waals surface area contributed by atoms with E-state index in [1.807, 2.05) is 4.98 Å². The smallest absolute Gasteiger partial charge is 0.483 e. The highest BCUT2D eigenvalue weighted by atomic mass is 31.3. The number of amides is 1. The Bertz CT molecular complexity index is 2210. The van der Waals surface area contributed by atoms with Crippen molar-refractivity contribution in [3.63, 3.8) is 0 Å². The van der Waals surface area contributed by atoms with E-state index >= 15 is 0 Å². The van der Waals surface area contributed by atoms with Gasteiger partial charge in [-0.3, -0.25) is 28.2 Å². The minimum Gasteiger partial charge on any atom is -0.484 e. The summed E-state index contributed by atoms with van der Waals surface area (Å²) in [6, 6.07) is 7.14. The average molecular weight is 867 g/mol. The van der Waals surface area contributed by atoms with E-state index in [2.05, 4.69) is 23.8 Å². The quantitative estimate of drug-likeness (QED) is 0.0212. The monoisotopic (exact) mass is 866 g/mol. The summed E-state index contributed by atoms with van der Waals surface area (Å²) < 4.78 is 60.4. The van der Waals surface area contributed by atoms with Crippen LogP contribution in [0.5, 0.6) is 5.75 Å². The fraction of sp³-hybridized carbons (Fsp3) is 0.516. The summed E-state index contributed by atoms with van der Waals surface area (Å²) in [5.41, 5.74) is -1.23. The highest BCUT2D eigenvalue weighted by molar-refractivity contribution is 7.61. The van der Waals surface area contributed by atoms with Crippen molar-refractivity contribution in [2.24, 2.45) is 5.16 Å². The molecule has 2 fully saturated rings. The van der Waals surface area contributed by atoms with Gasteiger partial charge in [0.25, 0.3) is 11.5 Å². The van der Waals surface area contributed by atoms with Crippen LogP contribution in [0.15, 0.2) is 60.5 Å². The standard InChI is InChI=1S/C31H40N4O21P2/c1-15-10-23(38)52-18-11-16(4-5-17(15)18)49-14-22(37)32-7-2-3-9-50-33-12-19-24(39)26(41)28(43)30(54-19)55-58(47,48)56-57(45,46)51-13-20-25(40)27(42)29(53-20)35-8-6-21(36)34-31(35)44/h4-6,8,10-12,19-20,24-30,39-43H,2-3,7,9,13-14H2,1H3,(H,32,37)(H,45,46)(H,47,48)(H,34,36,44)/t19-,20-,24+,25+,26+,27?,28-,29-,30-/m1/s1. The Morgan fingerprint density at radius 3 is 2.47 bits per heavy atom. The number of oxime groups is 1. The number of aromatic nitrogens is 2. The molecule has 0 aliphatic carbocycles. The van der Waals surface area contributed by atoms with Crippen molar-refractivity contribution < 1.29 is 86.1 Å². The van der Waals surface area contributed by atoms with Gasteiger partial charge in [0.2, 0.25) is 0 Å². The topological polar surface area (TPSA) is 367 Å². The zero-order valence-electron chi connectivity index (χ0n) is 30.1. The molecule has 11 atom stereocenters. The van der Waals surface area contributed by atoms with Crippen LogP contribution >= 0.6 is 15.6 Å². The second kappa shape index (κ2) is 19.3. The minimum atomic E-state index is -5.72. The van der Waals surface area contributed by atoms with Crippen LogP contribution < -0.4 is 26.9 Å². The van der Waals surface area contributed by atoms with Crippen LogP contribution in [0.3, 0.4) is 0 Å². The van der Waals surface area contributed by atoms with Gasteiger partial charge in [0.1, 0.15) is 60.7 Å². The number of hydrogen-bond donors (Lipinski definition) is 9. The molecule has 0 spiro atoms. The van der Waals surface area contributed by atoms with E-state index in [1.54, 1.807) is 19.1 Å². The predicted octanol–water partition coefficient (Wildman–Crippen LogP) is -2.39. The molecule has 1 amide bonds. The van der Waals surface area contributed by atoms with Gasteiger partial charge in [-0.15, -0.1) is 0 Å². The number of nitrogens with zero attached hydrogens (tertiary/aromatic N) is 2. The van der Waals surface area contributed by atoms with Crippen molar-refractivity contribution in [2.75, 3.05) is 26.4 Å². The molecule has 3 aromatic rings. The first-order valence-electron chi connectivity index (χ1n) is 17.2. The Labute approximate surface area is 325 Å². The Hall–Kier alpha value is -4.17. The Kier molecular flexibility index (Phi) is 14.9. The first kappa shape index (κ1) is 44.9. The zero-order valence-corrected chi connectivity index (χ0v) is 31.9. The molecule has 25 nitrogen and oxygen atoms in total. The second-order valence-electron chi connectivity index (χ2n) is 12.8. The number of carbonyl (C=O) groups excluding carboxylic acids is 1. The molecule has 2 aliphatic heterocycles. The summed E-state index contributed by atoms with van der Waals surface area (Å²) in [4.78, 5) is 74.3. The van der Waals surface area contributed by atoms with Crippen LogP contribution in [0.25, 0.3) is 11.0 Å². The number of carbonyl (C=O) groups is 1. The van der Waals surface area contributed by atoms with Crippen LogP contribution in [0.2, 0.25) is 0 Å². The van der Waals surface area contributed by atoms with Gasteiger partial charge in [-0.1, -0.05) is 5.16 Å². The molecule has 58 heavy (non-hydrogen) atoms. The number of ether oxygens (including phenoxy) is 3. The summed E-state index contributed by atoms with van der Waals surface area (Å²) in [5.74, 6) is -0.0947. The molecule has 320 valence electrons. The molecule has 0 radical (unpaired) electrons. The number of aromatic amines is 1. The van der Waals surface area contributed by atoms with Gasteiger partial charge in [0.05, 0.1) is 12.8 Å². The maximum Gasteiger partial charge on any atom is 0.483 e. The van der Waals surface area contributed by atoms with Gasteiger partial charge in [0, 0.05) is 36.3 Å². The van der Waals surface area contributed by atoms with Gasteiger partial charge in [-0.05, 0) is 37.5 Å². The van der Waals surface area contributed by atoms with E-state index in [-0.39, 0.29) is 19.8 Å². The van der Waals surface area contributed by atoms with E-state index in [4.69, 9.17) is 23.5 Å². The summed E-state index contributed by atoms with van der Waals surface area (Å²) in [6.45, 7) is 0.638. The van der Waals surface area contributed by atoms with Crippen LogP contribution in [0.4, 0.5) is 0 Å². The molecular weight excluding hydrogens is 826 g/mol. The number of aliphatic hydroxyl groups is 5. The lowest BCUT2D eigenvalue weighted by atomic mass is 10.00. The highest BCUT2D eigenvalue weighted by Gasteiger charge is 2.49. The van der Waals surface area contributed by atoms with Crippen molar-refractivity contribution in [2.45, 2.75) is 75.0 Å². The fourth-order valence-corrected chi connectivity index (χ4v) is 7.71. The average Bonchev–Trinajstić information content (AvgIpc) is 3.42. The third-order valence-electron chi connectivity index (χ3n) is 8.47. The third kappa shape index (κ3) is 11.7. The molecule has 5 rings (SSSR count). The number of aliphatic hydroxyl groups excluding tert-OH is 5. The van der Waals surface area contributed by atoms with E-state index in [0.29, 0.717) is 28.7 Å². The molecule has 4 heterocycles. The SMILES string of the molecule is Cc1cc(=O)oc2cc(OCC(=O)NCCCCON=C[C@H]3O[C@H](OP(=O)(O)OP(=O)(O)OC[C@H]4O[C@@H](n5ccc(=O)[nH]c5=O)C(O)[C@H]4O)[C@H](O)[C@@H](O)[C@H]3O)ccc12. The number of benzene rings is 1. The zero-order chi connectivity index (χ0) is 42.4. The molecule has 2 aliphatic rings. The fourth-order valence-electron chi connectivity index (χ4n) is 5.55. The molecule has 27 heteroatoms. The first-order chi connectivity index (χ1) is 27.3. The van der Waals surface area contributed by atoms with Gasteiger partial charge < -0.3 is 64.1 Å². The van der Waals surface area contributed by atoms with Crippen LogP contribution in [0.1, 0.15) is 24.6 Å². The summed E-state index contributed by atoms with van der Waals surface area (Å²) in [6.07, 6.45) is -14.3. The van der Waals surface area contributed by atoms with E-state index in [9.17, 15) is 63.6 Å². The lowest BCUT2D eigenvalue weighted by Crippen LogP contribution is -2.58. The summed E-state index contributed by atoms with van der Waals surface area (Å²) in [5, 5.41) is 58.4. The molecular formula is C31H40N4O21P2. The number of H-pyrrole nitrogens is 1. The molecule has 9 N–H and O–H groups in total. The number of nitrogens with one attached hydrogen (secondary N) is 2. The summed E-state index contributed by atoms with van der Waals surface area (Å²) >= 11 is 0. The minimum absolute atomic E-state index is 0.00183.